The van der Waals surface area contributed by atoms with Gasteiger partial charge < -0.3 is 5.32 Å². The molecule has 3 heteroatoms. The van der Waals surface area contributed by atoms with Gasteiger partial charge in [0.25, 0.3) is 0 Å². The van der Waals surface area contributed by atoms with Crippen molar-refractivity contribution >= 4 is 28.8 Å². The molecule has 1 aliphatic heterocycles. The summed E-state index contributed by atoms with van der Waals surface area (Å²) in [6.45, 7) is 4.91. The molecule has 1 aliphatic rings. The van der Waals surface area contributed by atoms with Crippen molar-refractivity contribution in [3.63, 3.8) is 0 Å². The maximum absolute atomic E-state index is 3.96. The van der Waals surface area contributed by atoms with Crippen LogP contribution < -0.4 is 5.32 Å². The fourth-order valence-electron chi connectivity index (χ4n) is 1.10. The molecule has 1 heterocycles. The molecule has 0 atom stereocenters. The lowest BCUT2D eigenvalue weighted by molar-refractivity contribution is 0.897. The van der Waals surface area contributed by atoms with Gasteiger partial charge in [0, 0.05) is 23.4 Å². The van der Waals surface area contributed by atoms with Gasteiger partial charge in [0.05, 0.1) is 5.70 Å². The van der Waals surface area contributed by atoms with Crippen LogP contribution in [-0.2, 0) is 0 Å². The Morgan fingerprint density at radius 3 is 3.09 bits per heavy atom. The van der Waals surface area contributed by atoms with Crippen LogP contribution in [0.15, 0.2) is 26.4 Å². The summed E-state index contributed by atoms with van der Waals surface area (Å²) >= 11 is 2.25. The zero-order valence-electron chi connectivity index (χ0n) is 6.52. The lowest BCUT2D eigenvalue weighted by atomic mass is 10.2. The Morgan fingerprint density at radius 1 is 1.82 bits per heavy atom. The minimum Gasteiger partial charge on any atom is -0.383 e. The predicted octanol–water partition coefficient (Wildman–Crippen LogP) is 1.88. The molecular weight excluding hydrogens is 251 g/mol. The van der Waals surface area contributed by atoms with Crippen molar-refractivity contribution < 1.29 is 0 Å². The van der Waals surface area contributed by atoms with Crippen molar-refractivity contribution in [2.24, 2.45) is 4.99 Å². The molecule has 0 fully saturated rings. The second-order valence-electron chi connectivity index (χ2n) is 2.36. The molecule has 0 aromatic rings. The Labute approximate surface area is 80.6 Å². The summed E-state index contributed by atoms with van der Waals surface area (Å²) in [6, 6.07) is 0. The number of halogens is 1. The van der Waals surface area contributed by atoms with Crippen molar-refractivity contribution in [1.29, 1.82) is 0 Å². The van der Waals surface area contributed by atoms with Gasteiger partial charge in [-0.05, 0) is 34.6 Å². The maximum atomic E-state index is 3.96. The summed E-state index contributed by atoms with van der Waals surface area (Å²) in [7, 11) is 1.78. The molecule has 11 heavy (non-hydrogen) atoms. The van der Waals surface area contributed by atoms with Crippen LogP contribution in [0, 0.1) is 0 Å². The normalized spacial score (nSPS) is 17.6. The average molecular weight is 262 g/mol. The summed E-state index contributed by atoms with van der Waals surface area (Å²) in [5, 5.41) is 3.25. The van der Waals surface area contributed by atoms with Crippen LogP contribution in [0.2, 0.25) is 0 Å². The van der Waals surface area contributed by atoms with Crippen LogP contribution >= 0.6 is 22.6 Å². The number of hydrogen-bond acceptors (Lipinski definition) is 2. The number of allylic oxidation sites excluding steroid dienone is 2. The largest absolute Gasteiger partial charge is 0.383 e. The molecular formula is C8H11IN2. The molecule has 0 amide bonds. The molecule has 0 spiro atoms. The van der Waals surface area contributed by atoms with E-state index in [1.165, 1.54) is 5.57 Å². The third kappa shape index (κ3) is 2.05. The standard InChI is InChI=1S/C8H11IN2/c1-6(9)7-3-4-11-8(7)5-10-2/h5,11H,1,3-4H2,2H3/b10-5-. The van der Waals surface area contributed by atoms with Crippen molar-refractivity contribution in [2.75, 3.05) is 13.6 Å². The van der Waals surface area contributed by atoms with Crippen molar-refractivity contribution in [3.8, 4) is 0 Å². The Hall–Kier alpha value is -0.320. The first-order chi connectivity index (χ1) is 5.25. The zero-order chi connectivity index (χ0) is 8.27. The average Bonchev–Trinajstić information content (AvgIpc) is 2.36. The number of hydrogen-bond donors (Lipinski definition) is 1. The quantitative estimate of drug-likeness (QED) is 0.596. The van der Waals surface area contributed by atoms with E-state index in [4.69, 9.17) is 0 Å². The van der Waals surface area contributed by atoms with E-state index in [2.05, 4.69) is 39.5 Å². The summed E-state index contributed by atoms with van der Waals surface area (Å²) in [6.07, 6.45) is 2.93. The highest BCUT2D eigenvalue weighted by Gasteiger charge is 2.12. The van der Waals surface area contributed by atoms with Gasteiger partial charge in [-0.15, -0.1) is 0 Å². The minimum atomic E-state index is 1.01. The van der Waals surface area contributed by atoms with Crippen molar-refractivity contribution in [3.05, 3.63) is 21.4 Å². The summed E-state index contributed by atoms with van der Waals surface area (Å²) in [4.78, 5) is 3.96. The smallest absolute Gasteiger partial charge is 0.0565 e. The molecule has 0 saturated carbocycles. The SMILES string of the molecule is C=C(I)C1=C(/C=N\C)NCC1. The number of aliphatic imine (C=N–C) groups is 1. The summed E-state index contributed by atoms with van der Waals surface area (Å²) in [5.41, 5.74) is 2.43. The van der Waals surface area contributed by atoms with E-state index in [9.17, 15) is 0 Å². The fraction of sp³-hybridized carbons (Fsp3) is 0.375. The highest BCUT2D eigenvalue weighted by Crippen LogP contribution is 2.24. The van der Waals surface area contributed by atoms with Crippen LogP contribution in [0.1, 0.15) is 6.42 Å². The monoisotopic (exact) mass is 262 g/mol. The first kappa shape index (κ1) is 8.77. The van der Waals surface area contributed by atoms with Crippen LogP contribution in [0.4, 0.5) is 0 Å². The molecule has 0 aromatic carbocycles. The van der Waals surface area contributed by atoms with Gasteiger partial charge in [0.15, 0.2) is 0 Å². The molecule has 0 saturated heterocycles. The lowest BCUT2D eigenvalue weighted by Crippen LogP contribution is -2.07. The van der Waals surface area contributed by atoms with Gasteiger partial charge in [-0.25, -0.2) is 0 Å². The summed E-state index contributed by atoms with van der Waals surface area (Å²) < 4.78 is 1.11. The number of nitrogens with one attached hydrogen (secondary N) is 1. The second kappa shape index (κ2) is 3.90. The number of rotatable bonds is 2. The zero-order valence-corrected chi connectivity index (χ0v) is 8.68. The van der Waals surface area contributed by atoms with E-state index in [1.807, 2.05) is 6.21 Å². The molecule has 2 nitrogen and oxygen atoms in total. The van der Waals surface area contributed by atoms with Crippen molar-refractivity contribution in [2.45, 2.75) is 6.42 Å². The molecule has 1 rings (SSSR count). The van der Waals surface area contributed by atoms with E-state index in [-0.39, 0.29) is 0 Å². The van der Waals surface area contributed by atoms with E-state index in [0.717, 1.165) is 22.2 Å². The van der Waals surface area contributed by atoms with E-state index in [1.54, 1.807) is 7.05 Å². The van der Waals surface area contributed by atoms with Gasteiger partial charge in [0.2, 0.25) is 0 Å². The number of nitrogens with zero attached hydrogens (tertiary/aromatic N) is 1. The molecule has 0 unspecified atom stereocenters. The highest BCUT2D eigenvalue weighted by atomic mass is 127. The third-order valence-electron chi connectivity index (χ3n) is 1.60. The van der Waals surface area contributed by atoms with Crippen molar-refractivity contribution in [1.82, 2.24) is 5.32 Å². The Kier molecular flexibility index (Phi) is 3.11. The fourth-order valence-corrected chi connectivity index (χ4v) is 1.66. The first-order valence-corrected chi connectivity index (χ1v) is 4.57. The van der Waals surface area contributed by atoms with Gasteiger partial charge in [-0.2, -0.15) is 0 Å². The van der Waals surface area contributed by atoms with Crippen LogP contribution in [-0.4, -0.2) is 19.8 Å². The van der Waals surface area contributed by atoms with Crippen LogP contribution in [0.25, 0.3) is 0 Å². The molecule has 1 N–H and O–H groups in total. The first-order valence-electron chi connectivity index (χ1n) is 3.49. The van der Waals surface area contributed by atoms with E-state index in [0.29, 0.717) is 0 Å². The highest BCUT2D eigenvalue weighted by molar-refractivity contribution is 14.1. The predicted molar refractivity (Wildman–Crippen MR) is 57.2 cm³/mol. The van der Waals surface area contributed by atoms with Gasteiger partial charge in [-0.1, -0.05) is 6.58 Å². The van der Waals surface area contributed by atoms with Crippen LogP contribution in [0.3, 0.4) is 0 Å². The Bertz CT molecular complexity index is 228. The molecule has 0 aromatic heterocycles. The third-order valence-corrected chi connectivity index (χ3v) is 2.25. The van der Waals surface area contributed by atoms with Gasteiger partial charge >= 0.3 is 0 Å². The molecule has 0 radical (unpaired) electrons. The van der Waals surface area contributed by atoms with E-state index >= 15 is 0 Å². The van der Waals surface area contributed by atoms with E-state index < -0.39 is 0 Å². The molecule has 60 valence electrons. The molecule has 0 aliphatic carbocycles. The topological polar surface area (TPSA) is 24.4 Å². The maximum Gasteiger partial charge on any atom is 0.0565 e. The minimum absolute atomic E-state index is 1.01. The second-order valence-corrected chi connectivity index (χ2v) is 3.66. The van der Waals surface area contributed by atoms with Crippen LogP contribution in [0.5, 0.6) is 0 Å². The lowest BCUT2D eigenvalue weighted by Gasteiger charge is -1.98. The Morgan fingerprint density at radius 2 is 2.55 bits per heavy atom. The van der Waals surface area contributed by atoms with Gasteiger partial charge in [-0.3, -0.25) is 4.99 Å². The molecule has 0 bridgehead atoms. The van der Waals surface area contributed by atoms with Gasteiger partial charge in [0.1, 0.15) is 0 Å². The summed E-state index contributed by atoms with van der Waals surface area (Å²) in [5.74, 6) is 0. The Balaban J connectivity index is 2.86.